The fraction of sp³-hybridized carbons (Fsp3) is 0.308. The summed E-state index contributed by atoms with van der Waals surface area (Å²) in [6, 6.07) is 4.07. The summed E-state index contributed by atoms with van der Waals surface area (Å²) in [6.45, 7) is 3.56. The number of aromatic nitrogens is 2. The fourth-order valence-corrected chi connectivity index (χ4v) is 1.57. The average molecular weight is 264 g/mol. The summed E-state index contributed by atoms with van der Waals surface area (Å²) >= 11 is 0. The number of hydrogen-bond acceptors (Lipinski definition) is 5. The highest BCUT2D eigenvalue weighted by atomic mass is 19.1. The van der Waals surface area contributed by atoms with E-state index >= 15 is 0 Å². The summed E-state index contributed by atoms with van der Waals surface area (Å²) in [6.07, 6.45) is 0.470. The normalized spacial score (nSPS) is 12.2. The topological polar surface area (TPSA) is 61.3 Å². The van der Waals surface area contributed by atoms with Crippen LogP contribution in [0.4, 0.5) is 4.39 Å². The molecule has 2 aromatic rings. The first kappa shape index (κ1) is 13.2. The van der Waals surface area contributed by atoms with Gasteiger partial charge < -0.3 is 9.47 Å². The highest BCUT2D eigenvalue weighted by Gasteiger charge is 2.18. The molecular formula is C13H13FN2O3. The third-order valence-corrected chi connectivity index (χ3v) is 2.47. The van der Waals surface area contributed by atoms with E-state index in [2.05, 4.69) is 9.97 Å². The van der Waals surface area contributed by atoms with E-state index in [0.29, 0.717) is 10.9 Å². The van der Waals surface area contributed by atoms with Crippen molar-refractivity contribution in [2.45, 2.75) is 20.0 Å². The number of nitrogens with zero attached hydrogens (tertiary/aromatic N) is 2. The maximum Gasteiger partial charge on any atom is 0.347 e. The smallest absolute Gasteiger partial charge is 0.347 e. The number of carbonyl (C=O) groups is 1. The van der Waals surface area contributed by atoms with E-state index in [1.807, 2.05) is 0 Å². The van der Waals surface area contributed by atoms with Crippen molar-refractivity contribution in [1.82, 2.24) is 9.97 Å². The maximum atomic E-state index is 13.1. The molecule has 0 saturated carbocycles. The van der Waals surface area contributed by atoms with Crippen LogP contribution < -0.4 is 4.74 Å². The van der Waals surface area contributed by atoms with E-state index in [1.54, 1.807) is 13.8 Å². The third kappa shape index (κ3) is 2.96. The van der Waals surface area contributed by atoms with Crippen LogP contribution in [0.5, 0.6) is 5.88 Å². The summed E-state index contributed by atoms with van der Waals surface area (Å²) < 4.78 is 23.4. The van der Waals surface area contributed by atoms with Crippen molar-refractivity contribution in [3.63, 3.8) is 0 Å². The van der Waals surface area contributed by atoms with Gasteiger partial charge in [0.1, 0.15) is 12.1 Å². The van der Waals surface area contributed by atoms with Crippen LogP contribution in [-0.2, 0) is 9.53 Å². The van der Waals surface area contributed by atoms with Crippen molar-refractivity contribution in [2.75, 3.05) is 6.61 Å². The van der Waals surface area contributed by atoms with Crippen molar-refractivity contribution >= 4 is 16.9 Å². The predicted octanol–water partition coefficient (Wildman–Crippen LogP) is 2.10. The van der Waals surface area contributed by atoms with Gasteiger partial charge in [0.15, 0.2) is 6.10 Å². The van der Waals surface area contributed by atoms with Crippen molar-refractivity contribution in [3.05, 3.63) is 30.3 Å². The Balaban J connectivity index is 2.28. The number of hydrogen-bond donors (Lipinski definition) is 0. The van der Waals surface area contributed by atoms with Gasteiger partial charge in [-0.2, -0.15) is 0 Å². The first-order valence-corrected chi connectivity index (χ1v) is 5.85. The molecular weight excluding hydrogens is 251 g/mol. The van der Waals surface area contributed by atoms with Crippen LogP contribution in [0.3, 0.4) is 0 Å². The molecule has 0 N–H and O–H groups in total. The molecule has 1 heterocycles. The van der Waals surface area contributed by atoms with Gasteiger partial charge in [-0.15, -0.1) is 0 Å². The van der Waals surface area contributed by atoms with Crippen LogP contribution in [0.1, 0.15) is 13.8 Å². The molecule has 1 aromatic heterocycles. The Morgan fingerprint density at radius 2 is 2.21 bits per heavy atom. The van der Waals surface area contributed by atoms with Gasteiger partial charge in [-0.1, -0.05) is 0 Å². The number of carbonyl (C=O) groups excluding carboxylic acids is 1. The molecule has 0 bridgehead atoms. The molecule has 2 rings (SSSR count). The zero-order valence-corrected chi connectivity index (χ0v) is 10.6. The first-order chi connectivity index (χ1) is 9.11. The second-order valence-electron chi connectivity index (χ2n) is 3.85. The zero-order valence-electron chi connectivity index (χ0n) is 10.6. The molecule has 19 heavy (non-hydrogen) atoms. The van der Waals surface area contributed by atoms with E-state index < -0.39 is 17.9 Å². The Labute approximate surface area is 109 Å². The SMILES string of the molecule is CCOC(=O)C(C)Oc1ncnc2cc(F)ccc12. The second-order valence-corrected chi connectivity index (χ2v) is 3.85. The monoisotopic (exact) mass is 264 g/mol. The zero-order chi connectivity index (χ0) is 13.8. The summed E-state index contributed by atoms with van der Waals surface area (Å²) in [5.41, 5.74) is 0.418. The molecule has 0 radical (unpaired) electrons. The van der Waals surface area contributed by atoms with Crippen molar-refractivity contribution in [1.29, 1.82) is 0 Å². The van der Waals surface area contributed by atoms with Gasteiger partial charge in [-0.05, 0) is 26.0 Å². The number of benzene rings is 1. The molecule has 0 amide bonds. The Hall–Kier alpha value is -2.24. The van der Waals surface area contributed by atoms with E-state index in [4.69, 9.17) is 9.47 Å². The number of fused-ring (bicyclic) bond motifs is 1. The van der Waals surface area contributed by atoms with Crippen LogP contribution in [-0.4, -0.2) is 28.6 Å². The Morgan fingerprint density at radius 3 is 2.95 bits per heavy atom. The molecule has 100 valence electrons. The van der Waals surface area contributed by atoms with Gasteiger partial charge in [-0.3, -0.25) is 0 Å². The van der Waals surface area contributed by atoms with Crippen LogP contribution in [0.15, 0.2) is 24.5 Å². The maximum absolute atomic E-state index is 13.1. The van der Waals surface area contributed by atoms with Gasteiger partial charge in [-0.25, -0.2) is 19.2 Å². The van der Waals surface area contributed by atoms with Crippen LogP contribution in [0, 0.1) is 5.82 Å². The van der Waals surface area contributed by atoms with Crippen molar-refractivity contribution in [2.24, 2.45) is 0 Å². The third-order valence-electron chi connectivity index (χ3n) is 2.47. The molecule has 0 aliphatic rings. The molecule has 0 fully saturated rings. The highest BCUT2D eigenvalue weighted by molar-refractivity contribution is 5.83. The molecule has 6 heteroatoms. The Morgan fingerprint density at radius 1 is 1.42 bits per heavy atom. The number of ether oxygens (including phenoxy) is 2. The predicted molar refractivity (Wildman–Crippen MR) is 66.2 cm³/mol. The van der Waals surface area contributed by atoms with Crippen molar-refractivity contribution in [3.8, 4) is 5.88 Å². The fourth-order valence-electron chi connectivity index (χ4n) is 1.57. The van der Waals surface area contributed by atoms with E-state index in [9.17, 15) is 9.18 Å². The molecule has 0 spiro atoms. The first-order valence-electron chi connectivity index (χ1n) is 5.85. The van der Waals surface area contributed by atoms with Gasteiger partial charge in [0.05, 0.1) is 17.5 Å². The molecule has 1 unspecified atom stereocenters. The standard InChI is InChI=1S/C13H13FN2O3/c1-3-18-13(17)8(2)19-12-10-5-4-9(14)6-11(10)15-7-16-12/h4-8H,3H2,1-2H3. The second kappa shape index (κ2) is 5.60. The lowest BCUT2D eigenvalue weighted by atomic mass is 10.2. The summed E-state index contributed by atoms with van der Waals surface area (Å²) in [5.74, 6) is -0.641. The summed E-state index contributed by atoms with van der Waals surface area (Å²) in [5, 5.41) is 0.542. The summed E-state index contributed by atoms with van der Waals surface area (Å²) in [7, 11) is 0. The minimum atomic E-state index is -0.789. The van der Waals surface area contributed by atoms with Crippen molar-refractivity contribution < 1.29 is 18.7 Å². The van der Waals surface area contributed by atoms with E-state index in [-0.39, 0.29) is 12.5 Å². The lowest BCUT2D eigenvalue weighted by molar-refractivity contribution is -0.150. The molecule has 0 aliphatic heterocycles. The quantitative estimate of drug-likeness (QED) is 0.791. The Bertz CT molecular complexity index is 603. The highest BCUT2D eigenvalue weighted by Crippen LogP contribution is 2.22. The lowest BCUT2D eigenvalue weighted by Gasteiger charge is -2.13. The number of rotatable bonds is 4. The lowest BCUT2D eigenvalue weighted by Crippen LogP contribution is -2.26. The number of esters is 1. The number of halogens is 1. The molecule has 0 aliphatic carbocycles. The van der Waals surface area contributed by atoms with Crippen LogP contribution >= 0.6 is 0 Å². The van der Waals surface area contributed by atoms with Gasteiger partial charge >= 0.3 is 5.97 Å². The van der Waals surface area contributed by atoms with E-state index in [0.717, 1.165) is 0 Å². The molecule has 0 saturated heterocycles. The van der Waals surface area contributed by atoms with Gasteiger partial charge in [0.25, 0.3) is 0 Å². The molecule has 5 nitrogen and oxygen atoms in total. The van der Waals surface area contributed by atoms with Crippen LogP contribution in [0.2, 0.25) is 0 Å². The van der Waals surface area contributed by atoms with Crippen LogP contribution in [0.25, 0.3) is 10.9 Å². The largest absolute Gasteiger partial charge is 0.463 e. The van der Waals surface area contributed by atoms with Gasteiger partial charge in [0, 0.05) is 6.07 Å². The van der Waals surface area contributed by atoms with E-state index in [1.165, 1.54) is 24.5 Å². The van der Waals surface area contributed by atoms with Gasteiger partial charge in [0.2, 0.25) is 5.88 Å². The minimum Gasteiger partial charge on any atom is -0.463 e. The summed E-state index contributed by atoms with van der Waals surface area (Å²) in [4.78, 5) is 19.4. The average Bonchev–Trinajstić information content (AvgIpc) is 2.38. The molecule has 1 atom stereocenters. The Kier molecular flexibility index (Phi) is 3.89. The molecule has 1 aromatic carbocycles. The minimum absolute atomic E-state index is 0.227.